The third-order valence-electron chi connectivity index (χ3n) is 4.85. The van der Waals surface area contributed by atoms with E-state index in [9.17, 15) is 4.79 Å². The molecule has 4 rings (SSSR count). The van der Waals surface area contributed by atoms with Gasteiger partial charge in [0.25, 0.3) is 5.91 Å². The Morgan fingerprint density at radius 1 is 1.14 bits per heavy atom. The molecule has 144 valence electrons. The summed E-state index contributed by atoms with van der Waals surface area (Å²) in [5.41, 5.74) is 2.27. The molecule has 1 amide bonds. The van der Waals surface area contributed by atoms with Crippen molar-refractivity contribution in [1.82, 2.24) is 14.9 Å². The highest BCUT2D eigenvalue weighted by molar-refractivity contribution is 9.10. The van der Waals surface area contributed by atoms with E-state index in [4.69, 9.17) is 9.47 Å². The fourth-order valence-corrected chi connectivity index (χ4v) is 3.73. The minimum absolute atomic E-state index is 0.00489. The van der Waals surface area contributed by atoms with Crippen LogP contribution in [0.4, 0.5) is 0 Å². The molecule has 2 heterocycles. The third kappa shape index (κ3) is 3.94. The van der Waals surface area contributed by atoms with Crippen LogP contribution in [0, 0.1) is 0 Å². The summed E-state index contributed by atoms with van der Waals surface area (Å²) in [5.74, 6) is 1.19. The number of carbonyl (C=O) groups is 1. The van der Waals surface area contributed by atoms with Gasteiger partial charge < -0.3 is 14.4 Å². The lowest BCUT2D eigenvalue weighted by atomic mass is 10.1. The third-order valence-corrected chi connectivity index (χ3v) is 5.54. The second-order valence-corrected chi connectivity index (χ2v) is 7.51. The van der Waals surface area contributed by atoms with E-state index in [-0.39, 0.29) is 12.0 Å². The first-order chi connectivity index (χ1) is 13.6. The number of para-hydroxylation sites is 2. The van der Waals surface area contributed by atoms with Gasteiger partial charge in [-0.15, -0.1) is 0 Å². The van der Waals surface area contributed by atoms with Crippen LogP contribution in [0.5, 0.6) is 11.6 Å². The number of likely N-dealkylation sites (tertiary alicyclic amines) is 1. The summed E-state index contributed by atoms with van der Waals surface area (Å²) in [4.78, 5) is 23.6. The van der Waals surface area contributed by atoms with Crippen molar-refractivity contribution in [3.8, 4) is 11.6 Å². The van der Waals surface area contributed by atoms with Crippen LogP contribution < -0.4 is 9.47 Å². The minimum atomic E-state index is -0.00489. The topological polar surface area (TPSA) is 64.5 Å². The second-order valence-electron chi connectivity index (χ2n) is 6.65. The molecule has 0 atom stereocenters. The highest BCUT2D eigenvalue weighted by Gasteiger charge is 2.26. The van der Waals surface area contributed by atoms with Crippen LogP contribution in [0.25, 0.3) is 11.0 Å². The predicted octanol–water partition coefficient (Wildman–Crippen LogP) is 4.08. The van der Waals surface area contributed by atoms with E-state index < -0.39 is 0 Å². The Hall–Kier alpha value is -2.67. The number of ether oxygens (including phenoxy) is 2. The number of halogens is 1. The number of aromatic nitrogens is 2. The number of hydrogen-bond acceptors (Lipinski definition) is 5. The zero-order chi connectivity index (χ0) is 19.5. The van der Waals surface area contributed by atoms with E-state index in [0.717, 1.165) is 28.3 Å². The van der Waals surface area contributed by atoms with Crippen molar-refractivity contribution in [2.75, 3.05) is 20.2 Å². The Morgan fingerprint density at radius 3 is 2.64 bits per heavy atom. The second kappa shape index (κ2) is 8.14. The molecule has 6 nitrogen and oxygen atoms in total. The van der Waals surface area contributed by atoms with Gasteiger partial charge in [-0.05, 0) is 46.3 Å². The van der Waals surface area contributed by atoms with Gasteiger partial charge in [-0.1, -0.05) is 12.1 Å². The van der Waals surface area contributed by atoms with Crippen molar-refractivity contribution < 1.29 is 14.3 Å². The molecule has 3 aromatic rings. The normalized spacial score (nSPS) is 14.9. The van der Waals surface area contributed by atoms with Crippen LogP contribution in [0.2, 0.25) is 0 Å². The lowest BCUT2D eigenvalue weighted by Gasteiger charge is -2.32. The fraction of sp³-hybridized carbons (Fsp3) is 0.286. The molecule has 1 aromatic heterocycles. The number of amides is 1. The molecule has 2 aromatic carbocycles. The average molecular weight is 442 g/mol. The van der Waals surface area contributed by atoms with Gasteiger partial charge in [0, 0.05) is 30.4 Å². The van der Waals surface area contributed by atoms with Crippen molar-refractivity contribution in [3.63, 3.8) is 0 Å². The van der Waals surface area contributed by atoms with Gasteiger partial charge >= 0.3 is 0 Å². The van der Waals surface area contributed by atoms with Crippen LogP contribution in [-0.2, 0) is 0 Å². The lowest BCUT2D eigenvalue weighted by molar-refractivity contribution is 0.0586. The van der Waals surface area contributed by atoms with Crippen LogP contribution in [0.15, 0.2) is 53.1 Å². The maximum absolute atomic E-state index is 12.9. The molecule has 0 unspecified atom stereocenters. The quantitative estimate of drug-likeness (QED) is 0.609. The van der Waals surface area contributed by atoms with E-state index in [1.165, 1.54) is 0 Å². The Labute approximate surface area is 171 Å². The highest BCUT2D eigenvalue weighted by Crippen LogP contribution is 2.26. The van der Waals surface area contributed by atoms with Gasteiger partial charge in [0.05, 0.1) is 29.9 Å². The first-order valence-electron chi connectivity index (χ1n) is 9.15. The number of benzene rings is 2. The van der Waals surface area contributed by atoms with Crippen LogP contribution >= 0.6 is 15.9 Å². The van der Waals surface area contributed by atoms with E-state index in [1.54, 1.807) is 19.4 Å². The largest absolute Gasteiger partial charge is 0.497 e. The molecule has 0 spiro atoms. The number of carbonyl (C=O) groups excluding carboxylic acids is 1. The summed E-state index contributed by atoms with van der Waals surface area (Å²) in [7, 11) is 1.59. The summed E-state index contributed by atoms with van der Waals surface area (Å²) < 4.78 is 12.0. The Balaban J connectivity index is 1.39. The number of piperidine rings is 1. The van der Waals surface area contributed by atoms with Gasteiger partial charge in [-0.25, -0.2) is 9.97 Å². The first kappa shape index (κ1) is 18.7. The summed E-state index contributed by atoms with van der Waals surface area (Å²) in [6, 6.07) is 13.1. The summed E-state index contributed by atoms with van der Waals surface area (Å²) in [5, 5.41) is 0. The molecule has 0 bridgehead atoms. The lowest BCUT2D eigenvalue weighted by Crippen LogP contribution is -2.42. The summed E-state index contributed by atoms with van der Waals surface area (Å²) >= 11 is 3.46. The van der Waals surface area contributed by atoms with Crippen molar-refractivity contribution >= 4 is 32.9 Å². The molecule has 0 aliphatic carbocycles. The van der Waals surface area contributed by atoms with Crippen molar-refractivity contribution in [3.05, 3.63) is 58.7 Å². The number of methoxy groups -OCH3 is 1. The van der Waals surface area contributed by atoms with Gasteiger partial charge in [-0.2, -0.15) is 0 Å². The summed E-state index contributed by atoms with van der Waals surface area (Å²) in [6.45, 7) is 1.27. The first-order valence-corrected chi connectivity index (χ1v) is 9.94. The number of nitrogens with zero attached hydrogens (tertiary/aromatic N) is 3. The average Bonchev–Trinajstić information content (AvgIpc) is 2.74. The van der Waals surface area contributed by atoms with Crippen molar-refractivity contribution in [2.24, 2.45) is 0 Å². The molecule has 0 saturated carbocycles. The molecule has 0 radical (unpaired) electrons. The Bertz CT molecular complexity index is 1000. The number of hydrogen-bond donors (Lipinski definition) is 0. The SMILES string of the molecule is COc1ccc(Br)c(C(=O)N2CCC(Oc3cnc4ccccc4n3)CC2)c1. The molecule has 1 fully saturated rings. The fourth-order valence-electron chi connectivity index (χ4n) is 3.31. The Morgan fingerprint density at radius 2 is 1.89 bits per heavy atom. The van der Waals surface area contributed by atoms with E-state index in [0.29, 0.717) is 30.3 Å². The molecule has 0 N–H and O–H groups in total. The zero-order valence-corrected chi connectivity index (χ0v) is 17.1. The van der Waals surface area contributed by atoms with E-state index in [2.05, 4.69) is 25.9 Å². The standard InChI is InChI=1S/C21H20BrN3O3/c1-27-15-6-7-17(22)16(12-15)21(26)25-10-8-14(9-11-25)28-20-13-23-18-4-2-3-5-19(18)24-20/h2-7,12-14H,8-11H2,1H3. The van der Waals surface area contributed by atoms with Crippen LogP contribution in [0.3, 0.4) is 0 Å². The maximum Gasteiger partial charge on any atom is 0.255 e. The highest BCUT2D eigenvalue weighted by atomic mass is 79.9. The molecule has 1 aliphatic heterocycles. The number of fused-ring (bicyclic) bond motifs is 1. The molecule has 7 heteroatoms. The molecular formula is C21H20BrN3O3. The zero-order valence-electron chi connectivity index (χ0n) is 15.5. The van der Waals surface area contributed by atoms with Gasteiger partial charge in [0.2, 0.25) is 5.88 Å². The maximum atomic E-state index is 12.9. The van der Waals surface area contributed by atoms with E-state index in [1.807, 2.05) is 41.3 Å². The smallest absolute Gasteiger partial charge is 0.255 e. The molecule has 28 heavy (non-hydrogen) atoms. The summed E-state index contributed by atoms with van der Waals surface area (Å²) in [6.07, 6.45) is 3.19. The van der Waals surface area contributed by atoms with E-state index >= 15 is 0 Å². The monoisotopic (exact) mass is 441 g/mol. The minimum Gasteiger partial charge on any atom is -0.497 e. The van der Waals surface area contributed by atoms with Gasteiger partial charge in [0.15, 0.2) is 0 Å². The Kier molecular flexibility index (Phi) is 5.43. The van der Waals surface area contributed by atoms with Crippen LogP contribution in [0.1, 0.15) is 23.2 Å². The molecule has 1 saturated heterocycles. The van der Waals surface area contributed by atoms with Crippen LogP contribution in [-0.4, -0.2) is 47.1 Å². The molecular weight excluding hydrogens is 422 g/mol. The van der Waals surface area contributed by atoms with Gasteiger partial charge in [0.1, 0.15) is 11.9 Å². The van der Waals surface area contributed by atoms with Gasteiger partial charge in [-0.3, -0.25) is 4.79 Å². The van der Waals surface area contributed by atoms with Crippen molar-refractivity contribution in [2.45, 2.75) is 18.9 Å². The molecule has 1 aliphatic rings. The van der Waals surface area contributed by atoms with Crippen molar-refractivity contribution in [1.29, 1.82) is 0 Å². The predicted molar refractivity (Wildman–Crippen MR) is 110 cm³/mol. The number of rotatable bonds is 4.